The van der Waals surface area contributed by atoms with Crippen molar-refractivity contribution in [2.75, 3.05) is 14.2 Å². The van der Waals surface area contributed by atoms with Gasteiger partial charge in [0.05, 0.1) is 13.2 Å². The summed E-state index contributed by atoms with van der Waals surface area (Å²) in [6, 6.07) is 6.80. The van der Waals surface area contributed by atoms with Crippen molar-refractivity contribution in [3.8, 4) is 0 Å². The smallest absolute Gasteiger partial charge is 0.354 e. The molecule has 0 bridgehead atoms. The van der Waals surface area contributed by atoms with Gasteiger partial charge in [0.25, 0.3) is 5.91 Å². The Morgan fingerprint density at radius 1 is 1.07 bits per heavy atom. The zero-order valence-corrected chi connectivity index (χ0v) is 19.4. The van der Waals surface area contributed by atoms with E-state index in [0.29, 0.717) is 28.1 Å². The predicted molar refractivity (Wildman–Crippen MR) is 117 cm³/mol. The summed E-state index contributed by atoms with van der Waals surface area (Å²) in [6.45, 7) is 11.6. The maximum atomic E-state index is 13.3. The normalized spacial score (nSPS) is 12.4. The molecule has 6 heteroatoms. The molecule has 2 rings (SSSR count). The van der Waals surface area contributed by atoms with E-state index in [0.717, 1.165) is 5.56 Å². The molecular weight excluding hydrogens is 380 g/mol. The third-order valence-electron chi connectivity index (χ3n) is 5.83. The zero-order valence-electron chi connectivity index (χ0n) is 19.4. The number of methoxy groups -OCH3 is 1. The van der Waals surface area contributed by atoms with E-state index in [1.165, 1.54) is 12.0 Å². The molecule has 0 aliphatic rings. The van der Waals surface area contributed by atoms with E-state index in [1.807, 2.05) is 12.1 Å². The summed E-state index contributed by atoms with van der Waals surface area (Å²) in [7, 11) is 4.66. The van der Waals surface area contributed by atoms with Crippen LogP contribution in [0.15, 0.2) is 24.3 Å². The maximum Gasteiger partial charge on any atom is 0.354 e. The number of ether oxygens (including phenoxy) is 1. The van der Waals surface area contributed by atoms with Gasteiger partial charge in [0.1, 0.15) is 5.69 Å². The van der Waals surface area contributed by atoms with Crippen molar-refractivity contribution in [1.82, 2.24) is 9.47 Å². The number of benzene rings is 1. The lowest BCUT2D eigenvalue weighted by Gasteiger charge is -2.25. The Morgan fingerprint density at radius 3 is 2.07 bits per heavy atom. The van der Waals surface area contributed by atoms with Gasteiger partial charge >= 0.3 is 5.97 Å². The topological polar surface area (TPSA) is 68.6 Å². The van der Waals surface area contributed by atoms with E-state index in [2.05, 4.69) is 20.8 Å². The van der Waals surface area contributed by atoms with Crippen LogP contribution in [-0.4, -0.2) is 47.3 Å². The van der Waals surface area contributed by atoms with Gasteiger partial charge in [0, 0.05) is 30.9 Å². The summed E-state index contributed by atoms with van der Waals surface area (Å²) in [5.74, 6) is -0.929. The fraction of sp³-hybridized carbons (Fsp3) is 0.458. The van der Waals surface area contributed by atoms with Crippen LogP contribution in [0.5, 0.6) is 0 Å². The second kappa shape index (κ2) is 8.46. The van der Waals surface area contributed by atoms with Gasteiger partial charge in [0.2, 0.25) is 0 Å². The standard InChI is InChI=1S/C24H32N2O4/c1-14-19(15(2)25(7)20(14)23(29)30-9)21(27)16(3)26(8)22(28)17-10-12-18(13-11-17)24(4,5)6/h10-13,16H,1-9H3/t16-/m0/s1. The van der Waals surface area contributed by atoms with Crippen LogP contribution in [-0.2, 0) is 17.2 Å². The number of hydrogen-bond donors (Lipinski definition) is 0. The number of amides is 1. The van der Waals surface area contributed by atoms with Crippen LogP contribution in [0, 0.1) is 13.8 Å². The number of rotatable bonds is 5. The Labute approximate surface area is 178 Å². The molecule has 1 heterocycles. The number of hydrogen-bond acceptors (Lipinski definition) is 4. The minimum absolute atomic E-state index is 0.00353. The van der Waals surface area contributed by atoms with Crippen molar-refractivity contribution in [2.24, 2.45) is 7.05 Å². The Kier molecular flexibility index (Phi) is 6.60. The first-order valence-electron chi connectivity index (χ1n) is 9.99. The minimum atomic E-state index is -0.690. The quantitative estimate of drug-likeness (QED) is 0.548. The second-order valence-corrected chi connectivity index (χ2v) is 8.77. The average Bonchev–Trinajstić information content (AvgIpc) is 2.93. The molecule has 162 valence electrons. The number of esters is 1. The summed E-state index contributed by atoms with van der Waals surface area (Å²) in [5, 5.41) is 0. The summed E-state index contributed by atoms with van der Waals surface area (Å²) in [5.41, 5.74) is 3.69. The van der Waals surface area contributed by atoms with Crippen LogP contribution in [0.25, 0.3) is 0 Å². The lowest BCUT2D eigenvalue weighted by Crippen LogP contribution is -2.40. The lowest BCUT2D eigenvalue weighted by molar-refractivity contribution is 0.0588. The first-order valence-corrected chi connectivity index (χ1v) is 9.99. The van der Waals surface area contributed by atoms with Crippen molar-refractivity contribution in [3.05, 3.63) is 57.9 Å². The molecule has 1 atom stereocenters. The number of likely N-dealkylation sites (N-methyl/N-ethyl adjacent to an activating group) is 1. The zero-order chi connectivity index (χ0) is 23.0. The maximum absolute atomic E-state index is 13.3. The molecule has 30 heavy (non-hydrogen) atoms. The molecule has 1 aromatic heterocycles. The van der Waals surface area contributed by atoms with Gasteiger partial charge in [-0.15, -0.1) is 0 Å². The van der Waals surface area contributed by atoms with Crippen LogP contribution in [0.3, 0.4) is 0 Å². The van der Waals surface area contributed by atoms with E-state index in [9.17, 15) is 14.4 Å². The molecule has 1 amide bonds. The first-order chi connectivity index (χ1) is 13.8. The highest BCUT2D eigenvalue weighted by Gasteiger charge is 2.31. The highest BCUT2D eigenvalue weighted by atomic mass is 16.5. The number of carbonyl (C=O) groups excluding carboxylic acids is 3. The van der Waals surface area contributed by atoms with Crippen LogP contribution >= 0.6 is 0 Å². The third kappa shape index (κ3) is 4.18. The van der Waals surface area contributed by atoms with Gasteiger partial charge in [-0.3, -0.25) is 9.59 Å². The van der Waals surface area contributed by atoms with Gasteiger partial charge in [-0.05, 0) is 49.4 Å². The van der Waals surface area contributed by atoms with E-state index in [-0.39, 0.29) is 17.1 Å². The number of Topliss-reactive ketones (excluding diaryl/α,β-unsaturated/α-hetero) is 1. The monoisotopic (exact) mass is 412 g/mol. The summed E-state index contributed by atoms with van der Waals surface area (Å²) in [4.78, 5) is 39.8. The Bertz CT molecular complexity index is 978. The second-order valence-electron chi connectivity index (χ2n) is 8.77. The number of nitrogens with zero attached hydrogens (tertiary/aromatic N) is 2. The average molecular weight is 413 g/mol. The van der Waals surface area contributed by atoms with Gasteiger partial charge < -0.3 is 14.2 Å². The van der Waals surface area contributed by atoms with E-state index in [4.69, 9.17) is 4.74 Å². The SMILES string of the molecule is COC(=O)c1c(C)c(C(=O)[C@H](C)N(C)C(=O)c2ccc(C(C)(C)C)cc2)c(C)n1C. The van der Waals surface area contributed by atoms with Crippen molar-refractivity contribution in [1.29, 1.82) is 0 Å². The highest BCUT2D eigenvalue weighted by Crippen LogP contribution is 2.25. The molecule has 6 nitrogen and oxygen atoms in total. The highest BCUT2D eigenvalue weighted by molar-refractivity contribution is 6.07. The molecule has 0 radical (unpaired) electrons. The van der Waals surface area contributed by atoms with Crippen LogP contribution in [0.1, 0.15) is 75.7 Å². The Morgan fingerprint density at radius 2 is 1.60 bits per heavy atom. The largest absolute Gasteiger partial charge is 0.464 e. The van der Waals surface area contributed by atoms with Gasteiger partial charge in [-0.1, -0.05) is 32.9 Å². The van der Waals surface area contributed by atoms with Crippen molar-refractivity contribution < 1.29 is 19.1 Å². The number of aromatic nitrogens is 1. The molecule has 0 fully saturated rings. The summed E-state index contributed by atoms with van der Waals surface area (Å²) in [6.07, 6.45) is 0. The number of ketones is 1. The molecular formula is C24H32N2O4. The van der Waals surface area contributed by atoms with Gasteiger partial charge in [0.15, 0.2) is 5.78 Å². The molecule has 0 aliphatic heterocycles. The van der Waals surface area contributed by atoms with Crippen LogP contribution in [0.4, 0.5) is 0 Å². The first kappa shape index (κ1) is 23.4. The molecule has 0 spiro atoms. The summed E-state index contributed by atoms with van der Waals surface area (Å²) >= 11 is 0. The number of carbonyl (C=O) groups is 3. The Hall–Kier alpha value is -2.89. The fourth-order valence-electron chi connectivity index (χ4n) is 3.60. The van der Waals surface area contributed by atoms with E-state index >= 15 is 0 Å². The molecule has 0 saturated heterocycles. The van der Waals surface area contributed by atoms with Crippen LogP contribution in [0.2, 0.25) is 0 Å². The van der Waals surface area contributed by atoms with Gasteiger partial charge in [-0.25, -0.2) is 4.79 Å². The van der Waals surface area contributed by atoms with Crippen molar-refractivity contribution in [3.63, 3.8) is 0 Å². The van der Waals surface area contributed by atoms with Gasteiger partial charge in [-0.2, -0.15) is 0 Å². The van der Waals surface area contributed by atoms with E-state index < -0.39 is 12.0 Å². The molecule has 0 unspecified atom stereocenters. The molecule has 0 aliphatic carbocycles. The minimum Gasteiger partial charge on any atom is -0.464 e. The molecule has 1 aromatic carbocycles. The van der Waals surface area contributed by atoms with Crippen LogP contribution < -0.4 is 0 Å². The Balaban J connectivity index is 2.32. The fourth-order valence-corrected chi connectivity index (χ4v) is 3.60. The lowest BCUT2D eigenvalue weighted by atomic mass is 9.86. The van der Waals surface area contributed by atoms with Crippen molar-refractivity contribution in [2.45, 2.75) is 53.0 Å². The molecule has 2 aromatic rings. The molecule has 0 N–H and O–H groups in total. The van der Waals surface area contributed by atoms with E-state index in [1.54, 1.807) is 51.6 Å². The van der Waals surface area contributed by atoms with Crippen molar-refractivity contribution >= 4 is 17.7 Å². The summed E-state index contributed by atoms with van der Waals surface area (Å²) < 4.78 is 6.51. The third-order valence-corrected chi connectivity index (χ3v) is 5.83. The predicted octanol–water partition coefficient (Wildman–Crippen LogP) is 4.07. The molecule has 0 saturated carbocycles.